The lowest BCUT2D eigenvalue weighted by atomic mass is 9.71. The first-order chi connectivity index (χ1) is 9.60. The molecule has 2 aliphatic rings. The first-order valence-corrected chi connectivity index (χ1v) is 7.42. The highest BCUT2D eigenvalue weighted by molar-refractivity contribution is 5.86. The van der Waals surface area contributed by atoms with Gasteiger partial charge in [0.25, 0.3) is 0 Å². The Balaban J connectivity index is 2.00. The first-order valence-electron chi connectivity index (χ1n) is 7.42. The van der Waals surface area contributed by atoms with Gasteiger partial charge >= 0.3 is 0 Å². The number of piperidine rings is 2. The average molecular weight is 284 g/mol. The molecule has 0 unspecified atom stereocenters. The van der Waals surface area contributed by atoms with E-state index in [-0.39, 0.29) is 11.8 Å². The third-order valence-electron chi connectivity index (χ3n) is 4.34. The zero-order valence-electron chi connectivity index (χ0n) is 12.1. The maximum atomic E-state index is 12.2. The topological polar surface area (TPSA) is 78.9 Å². The van der Waals surface area contributed by atoms with Gasteiger partial charge in [-0.05, 0) is 26.2 Å². The highest BCUT2D eigenvalue weighted by Gasteiger charge is 2.50. The number of aliphatic hydroxyl groups is 1. The molecule has 2 heterocycles. The van der Waals surface area contributed by atoms with E-state index in [9.17, 15) is 14.7 Å². The fourth-order valence-electron chi connectivity index (χ4n) is 3.12. The highest BCUT2D eigenvalue weighted by atomic mass is 16.5. The van der Waals surface area contributed by atoms with Crippen molar-refractivity contribution in [3.8, 4) is 0 Å². The summed E-state index contributed by atoms with van der Waals surface area (Å²) in [5.41, 5.74) is -0.808. The molecule has 2 aliphatic heterocycles. The molecule has 0 bridgehead atoms. The van der Waals surface area contributed by atoms with Crippen LogP contribution in [0.1, 0.15) is 32.6 Å². The van der Waals surface area contributed by atoms with Gasteiger partial charge in [-0.15, -0.1) is 0 Å². The Kier molecular flexibility index (Phi) is 4.99. The summed E-state index contributed by atoms with van der Waals surface area (Å²) in [7, 11) is 0. The number of nitrogens with zero attached hydrogens (tertiary/aromatic N) is 1. The van der Waals surface area contributed by atoms with E-state index in [1.54, 1.807) is 4.90 Å². The van der Waals surface area contributed by atoms with Crippen molar-refractivity contribution in [2.75, 3.05) is 32.8 Å². The predicted molar refractivity (Wildman–Crippen MR) is 73.0 cm³/mol. The number of carbonyl (C=O) groups excluding carboxylic acids is 2. The molecule has 2 fully saturated rings. The molecule has 6 nitrogen and oxygen atoms in total. The summed E-state index contributed by atoms with van der Waals surface area (Å²) in [6.45, 7) is 4.40. The molecule has 2 atom stereocenters. The van der Waals surface area contributed by atoms with Gasteiger partial charge < -0.3 is 20.1 Å². The molecule has 114 valence electrons. The Morgan fingerprint density at radius 1 is 1.60 bits per heavy atom. The van der Waals surface area contributed by atoms with Crippen molar-refractivity contribution in [3.05, 3.63) is 0 Å². The van der Waals surface area contributed by atoms with Gasteiger partial charge in [0.05, 0.1) is 24.5 Å². The number of hydrogen-bond donors (Lipinski definition) is 2. The van der Waals surface area contributed by atoms with E-state index in [1.165, 1.54) is 0 Å². The number of nitrogens with one attached hydrogen (secondary N) is 1. The summed E-state index contributed by atoms with van der Waals surface area (Å²) in [4.78, 5) is 26.0. The minimum absolute atomic E-state index is 0.00287. The van der Waals surface area contributed by atoms with Crippen molar-refractivity contribution in [2.45, 2.75) is 38.7 Å². The van der Waals surface area contributed by atoms with Crippen LogP contribution < -0.4 is 5.32 Å². The summed E-state index contributed by atoms with van der Waals surface area (Å²) >= 11 is 0. The number of carbonyl (C=O) groups is 2. The smallest absolute Gasteiger partial charge is 0.230 e. The Morgan fingerprint density at radius 3 is 3.10 bits per heavy atom. The van der Waals surface area contributed by atoms with E-state index in [0.29, 0.717) is 52.1 Å². The molecule has 20 heavy (non-hydrogen) atoms. The van der Waals surface area contributed by atoms with E-state index < -0.39 is 11.5 Å². The van der Waals surface area contributed by atoms with Gasteiger partial charge in [0.1, 0.15) is 0 Å². The number of rotatable bonds is 4. The third-order valence-corrected chi connectivity index (χ3v) is 4.34. The van der Waals surface area contributed by atoms with E-state index in [4.69, 9.17) is 4.74 Å². The number of ether oxygens (including phenoxy) is 1. The van der Waals surface area contributed by atoms with Crippen LogP contribution in [0.25, 0.3) is 0 Å². The van der Waals surface area contributed by atoms with Gasteiger partial charge in [0.15, 0.2) is 0 Å². The van der Waals surface area contributed by atoms with E-state index in [2.05, 4.69) is 5.32 Å². The van der Waals surface area contributed by atoms with Crippen LogP contribution in [0.2, 0.25) is 0 Å². The zero-order valence-corrected chi connectivity index (χ0v) is 12.1. The van der Waals surface area contributed by atoms with Crippen molar-refractivity contribution >= 4 is 11.8 Å². The van der Waals surface area contributed by atoms with Crippen LogP contribution in [0.3, 0.4) is 0 Å². The van der Waals surface area contributed by atoms with Gasteiger partial charge in [-0.1, -0.05) is 0 Å². The minimum atomic E-state index is -0.808. The predicted octanol–water partition coefficient (Wildman–Crippen LogP) is -0.0974. The Bertz CT molecular complexity index is 374. The summed E-state index contributed by atoms with van der Waals surface area (Å²) in [6.07, 6.45) is 1.65. The van der Waals surface area contributed by atoms with Crippen LogP contribution >= 0.6 is 0 Å². The van der Waals surface area contributed by atoms with Crippen LogP contribution in [-0.4, -0.2) is 60.8 Å². The normalized spacial score (nSPS) is 30.4. The highest BCUT2D eigenvalue weighted by Crippen LogP contribution is 2.37. The minimum Gasteiger partial charge on any atom is -0.392 e. The van der Waals surface area contributed by atoms with Gasteiger partial charge in [0, 0.05) is 26.2 Å². The molecule has 6 heteroatoms. The third kappa shape index (κ3) is 2.96. The number of hydrogen-bond acceptors (Lipinski definition) is 4. The summed E-state index contributed by atoms with van der Waals surface area (Å²) in [6, 6.07) is 0. The van der Waals surface area contributed by atoms with E-state index >= 15 is 0 Å². The molecule has 0 radical (unpaired) electrons. The van der Waals surface area contributed by atoms with Gasteiger partial charge in [0.2, 0.25) is 11.8 Å². The summed E-state index contributed by atoms with van der Waals surface area (Å²) < 4.78 is 5.20. The maximum Gasteiger partial charge on any atom is 0.230 e. The monoisotopic (exact) mass is 284 g/mol. The fraction of sp³-hybridized carbons (Fsp3) is 0.857. The molecular formula is C14H24N2O4. The first kappa shape index (κ1) is 15.3. The Labute approximate surface area is 119 Å². The lowest BCUT2D eigenvalue weighted by molar-refractivity contribution is -0.155. The SMILES string of the molecule is CCOCCC(=O)N1CC[C@H](O)[C@@]2(CCCNC2=O)C1. The average Bonchev–Trinajstić information content (AvgIpc) is 2.45. The molecule has 2 N–H and O–H groups in total. The Hall–Kier alpha value is -1.14. The molecule has 2 amide bonds. The van der Waals surface area contributed by atoms with Crippen molar-refractivity contribution in [3.63, 3.8) is 0 Å². The fourth-order valence-corrected chi connectivity index (χ4v) is 3.12. The molecule has 0 aromatic rings. The molecule has 1 spiro atoms. The van der Waals surface area contributed by atoms with Crippen LogP contribution in [0.15, 0.2) is 0 Å². The van der Waals surface area contributed by atoms with Crippen molar-refractivity contribution in [1.29, 1.82) is 0 Å². The zero-order chi connectivity index (χ0) is 14.6. The van der Waals surface area contributed by atoms with E-state index in [0.717, 1.165) is 6.42 Å². The van der Waals surface area contributed by atoms with Crippen LogP contribution in [0, 0.1) is 5.41 Å². The lowest BCUT2D eigenvalue weighted by Crippen LogP contribution is -2.62. The Morgan fingerprint density at radius 2 is 2.40 bits per heavy atom. The van der Waals surface area contributed by atoms with Crippen molar-refractivity contribution in [1.82, 2.24) is 10.2 Å². The number of likely N-dealkylation sites (tertiary alicyclic amines) is 1. The summed E-state index contributed by atoms with van der Waals surface area (Å²) in [5, 5.41) is 13.1. The second-order valence-electron chi connectivity index (χ2n) is 5.58. The quantitative estimate of drug-likeness (QED) is 0.707. The van der Waals surface area contributed by atoms with Crippen LogP contribution in [0.4, 0.5) is 0 Å². The van der Waals surface area contributed by atoms with Crippen LogP contribution in [0.5, 0.6) is 0 Å². The lowest BCUT2D eigenvalue weighted by Gasteiger charge is -2.46. The van der Waals surface area contributed by atoms with Gasteiger partial charge in [-0.3, -0.25) is 9.59 Å². The number of amides is 2. The molecular weight excluding hydrogens is 260 g/mol. The molecule has 2 rings (SSSR count). The second-order valence-corrected chi connectivity index (χ2v) is 5.58. The molecule has 0 aromatic carbocycles. The maximum absolute atomic E-state index is 12.2. The standard InChI is InChI=1S/C14H24N2O4/c1-2-20-9-5-12(18)16-8-4-11(17)14(10-16)6-3-7-15-13(14)19/h11,17H,2-10H2,1H3,(H,15,19)/t11-,14+/m0/s1. The van der Waals surface area contributed by atoms with Gasteiger partial charge in [-0.25, -0.2) is 0 Å². The molecule has 2 saturated heterocycles. The molecule has 0 aliphatic carbocycles. The molecule has 0 saturated carbocycles. The van der Waals surface area contributed by atoms with Crippen molar-refractivity contribution < 1.29 is 19.4 Å². The van der Waals surface area contributed by atoms with Crippen molar-refractivity contribution in [2.24, 2.45) is 5.41 Å². The van der Waals surface area contributed by atoms with Gasteiger partial charge in [-0.2, -0.15) is 0 Å². The summed E-state index contributed by atoms with van der Waals surface area (Å²) in [5.74, 6) is -0.110. The number of aliphatic hydroxyl groups excluding tert-OH is 1. The van der Waals surface area contributed by atoms with Crippen LogP contribution in [-0.2, 0) is 14.3 Å². The second kappa shape index (κ2) is 6.54. The largest absolute Gasteiger partial charge is 0.392 e. The van der Waals surface area contributed by atoms with E-state index in [1.807, 2.05) is 6.92 Å². The molecule has 0 aromatic heterocycles.